The molecule has 0 bridgehead atoms. The van der Waals surface area contributed by atoms with E-state index in [0.717, 1.165) is 19.3 Å². The van der Waals surface area contributed by atoms with Gasteiger partial charge in [0.1, 0.15) is 0 Å². The van der Waals surface area contributed by atoms with Gasteiger partial charge in [0.2, 0.25) is 5.91 Å². The maximum Gasteiger partial charge on any atom is 0.240 e. The van der Waals surface area contributed by atoms with Gasteiger partial charge in [-0.05, 0) is 30.2 Å². The van der Waals surface area contributed by atoms with Crippen molar-refractivity contribution in [3.8, 4) is 11.5 Å². The van der Waals surface area contributed by atoms with Crippen LogP contribution in [-0.4, -0.2) is 24.3 Å². The van der Waals surface area contributed by atoms with Crippen LogP contribution in [0.15, 0.2) is 23.3 Å². The third kappa shape index (κ3) is 5.42. The Labute approximate surface area is 113 Å². The van der Waals surface area contributed by atoms with Crippen LogP contribution in [0.2, 0.25) is 0 Å². The van der Waals surface area contributed by atoms with Crippen molar-refractivity contribution >= 4 is 12.1 Å². The Balaban J connectivity index is 2.44. The van der Waals surface area contributed by atoms with Crippen LogP contribution in [0.5, 0.6) is 11.5 Å². The zero-order chi connectivity index (χ0) is 14.1. The zero-order valence-corrected chi connectivity index (χ0v) is 11.3. The quantitative estimate of drug-likeness (QED) is 0.451. The second-order valence-electron chi connectivity index (χ2n) is 4.18. The second kappa shape index (κ2) is 8.13. The molecule has 1 aromatic rings. The molecule has 5 nitrogen and oxygen atoms in total. The van der Waals surface area contributed by atoms with Crippen molar-refractivity contribution in [3.05, 3.63) is 23.8 Å². The molecule has 0 aromatic heterocycles. The molecule has 19 heavy (non-hydrogen) atoms. The number of carbonyl (C=O) groups is 1. The van der Waals surface area contributed by atoms with Crippen LogP contribution < -0.4 is 10.2 Å². The zero-order valence-electron chi connectivity index (χ0n) is 11.3. The fourth-order valence-corrected chi connectivity index (χ4v) is 1.56. The number of nitrogens with one attached hydrogen (secondary N) is 1. The fourth-order valence-electron chi connectivity index (χ4n) is 1.56. The number of nitrogens with zero attached hydrogens (tertiary/aromatic N) is 1. The van der Waals surface area contributed by atoms with Crippen LogP contribution in [0.3, 0.4) is 0 Å². The maximum absolute atomic E-state index is 11.4. The molecule has 104 valence electrons. The summed E-state index contributed by atoms with van der Waals surface area (Å²) in [4.78, 5) is 11.4. The number of amides is 1. The Bertz CT molecular complexity index is 444. The van der Waals surface area contributed by atoms with E-state index in [2.05, 4.69) is 17.5 Å². The average Bonchev–Trinajstić information content (AvgIpc) is 2.39. The number of unbranched alkanes of at least 4 members (excludes halogenated alkanes) is 2. The number of carbonyl (C=O) groups excluding carboxylic acids is 1. The van der Waals surface area contributed by atoms with Gasteiger partial charge < -0.3 is 9.84 Å². The first-order valence-corrected chi connectivity index (χ1v) is 6.36. The third-order valence-corrected chi connectivity index (χ3v) is 2.61. The van der Waals surface area contributed by atoms with Crippen LogP contribution in [-0.2, 0) is 4.79 Å². The number of hydrogen-bond donors (Lipinski definition) is 2. The standard InChI is InChI=1S/C14H20N2O3/c1-3-4-5-6-14(18)16-15-10-11-7-8-13(19-2)12(17)9-11/h7-10,17H,3-6H2,1-2H3,(H,16,18). The van der Waals surface area contributed by atoms with E-state index < -0.39 is 0 Å². The highest BCUT2D eigenvalue weighted by atomic mass is 16.5. The van der Waals surface area contributed by atoms with Gasteiger partial charge in [-0.1, -0.05) is 19.8 Å². The summed E-state index contributed by atoms with van der Waals surface area (Å²) in [6.45, 7) is 2.09. The lowest BCUT2D eigenvalue weighted by Gasteiger charge is -2.03. The van der Waals surface area contributed by atoms with E-state index in [1.807, 2.05) is 0 Å². The summed E-state index contributed by atoms with van der Waals surface area (Å²) < 4.78 is 4.93. The molecule has 0 saturated carbocycles. The number of aromatic hydroxyl groups is 1. The normalized spacial score (nSPS) is 10.6. The molecule has 0 atom stereocenters. The molecule has 2 N–H and O–H groups in total. The number of benzene rings is 1. The second-order valence-corrected chi connectivity index (χ2v) is 4.18. The van der Waals surface area contributed by atoms with Crippen molar-refractivity contribution in [2.75, 3.05) is 7.11 Å². The molecule has 5 heteroatoms. The molecule has 1 rings (SSSR count). The van der Waals surface area contributed by atoms with Gasteiger partial charge in [0.15, 0.2) is 11.5 Å². The maximum atomic E-state index is 11.4. The molecule has 0 heterocycles. The van der Waals surface area contributed by atoms with Crippen molar-refractivity contribution in [1.82, 2.24) is 5.43 Å². The van der Waals surface area contributed by atoms with Crippen LogP contribution >= 0.6 is 0 Å². The fraction of sp³-hybridized carbons (Fsp3) is 0.429. The van der Waals surface area contributed by atoms with Crippen molar-refractivity contribution in [2.45, 2.75) is 32.6 Å². The van der Waals surface area contributed by atoms with Crippen LogP contribution in [0.1, 0.15) is 38.2 Å². The number of rotatable bonds is 7. The number of hydrazone groups is 1. The van der Waals surface area contributed by atoms with Gasteiger partial charge >= 0.3 is 0 Å². The van der Waals surface area contributed by atoms with Gasteiger partial charge in [0, 0.05) is 6.42 Å². The van der Waals surface area contributed by atoms with Gasteiger partial charge in [-0.15, -0.1) is 0 Å². The molecule has 0 radical (unpaired) electrons. The van der Waals surface area contributed by atoms with Gasteiger partial charge in [0.25, 0.3) is 0 Å². The predicted molar refractivity (Wildman–Crippen MR) is 74.5 cm³/mol. The van der Waals surface area contributed by atoms with Gasteiger partial charge in [-0.3, -0.25) is 4.79 Å². The molecule has 0 fully saturated rings. The number of phenols is 1. The number of methoxy groups -OCH3 is 1. The van der Waals surface area contributed by atoms with Crippen molar-refractivity contribution in [1.29, 1.82) is 0 Å². The Morgan fingerprint density at radius 3 is 2.89 bits per heavy atom. The van der Waals surface area contributed by atoms with Crippen molar-refractivity contribution in [2.24, 2.45) is 5.10 Å². The molecule has 0 aliphatic carbocycles. The van der Waals surface area contributed by atoms with E-state index >= 15 is 0 Å². The van der Waals surface area contributed by atoms with E-state index in [9.17, 15) is 9.90 Å². The summed E-state index contributed by atoms with van der Waals surface area (Å²) in [5.74, 6) is 0.351. The Kier molecular flexibility index (Phi) is 6.43. The molecular weight excluding hydrogens is 244 g/mol. The highest BCUT2D eigenvalue weighted by molar-refractivity contribution is 5.83. The monoisotopic (exact) mass is 264 g/mol. The molecule has 1 amide bonds. The molecule has 1 aromatic carbocycles. The Morgan fingerprint density at radius 2 is 2.26 bits per heavy atom. The van der Waals surface area contributed by atoms with Crippen molar-refractivity contribution in [3.63, 3.8) is 0 Å². The minimum atomic E-state index is -0.0950. The summed E-state index contributed by atoms with van der Waals surface area (Å²) in [7, 11) is 1.49. The van der Waals surface area contributed by atoms with E-state index in [1.54, 1.807) is 12.1 Å². The molecule has 0 spiro atoms. The van der Waals surface area contributed by atoms with E-state index in [1.165, 1.54) is 19.4 Å². The SMILES string of the molecule is CCCCCC(=O)NN=Cc1ccc(OC)c(O)c1. The predicted octanol–water partition coefficient (Wildman–Crippen LogP) is 2.43. The summed E-state index contributed by atoms with van der Waals surface area (Å²) >= 11 is 0. The van der Waals surface area contributed by atoms with Crippen LogP contribution in [0.25, 0.3) is 0 Å². The number of hydrogen-bond acceptors (Lipinski definition) is 4. The topological polar surface area (TPSA) is 70.9 Å². The van der Waals surface area contributed by atoms with Gasteiger partial charge in [0.05, 0.1) is 13.3 Å². The minimum absolute atomic E-state index is 0.0423. The molecule has 0 saturated heterocycles. The first-order valence-electron chi connectivity index (χ1n) is 6.36. The Morgan fingerprint density at radius 1 is 1.47 bits per heavy atom. The first-order chi connectivity index (χ1) is 9.17. The van der Waals surface area contributed by atoms with Crippen LogP contribution in [0, 0.1) is 0 Å². The number of ether oxygens (including phenoxy) is 1. The molecule has 0 aliphatic heterocycles. The molecule has 0 unspecified atom stereocenters. The lowest BCUT2D eigenvalue weighted by Crippen LogP contribution is -2.16. The highest BCUT2D eigenvalue weighted by Crippen LogP contribution is 2.25. The van der Waals surface area contributed by atoms with Crippen molar-refractivity contribution < 1.29 is 14.6 Å². The molecular formula is C14H20N2O3. The first kappa shape index (κ1) is 15.0. The minimum Gasteiger partial charge on any atom is -0.504 e. The largest absolute Gasteiger partial charge is 0.504 e. The van der Waals surface area contributed by atoms with E-state index in [-0.39, 0.29) is 11.7 Å². The lowest BCUT2D eigenvalue weighted by atomic mass is 10.2. The third-order valence-electron chi connectivity index (χ3n) is 2.61. The molecule has 0 aliphatic rings. The average molecular weight is 264 g/mol. The summed E-state index contributed by atoms with van der Waals surface area (Å²) in [6.07, 6.45) is 4.97. The van der Waals surface area contributed by atoms with E-state index in [0.29, 0.717) is 17.7 Å². The van der Waals surface area contributed by atoms with Crippen LogP contribution in [0.4, 0.5) is 0 Å². The van der Waals surface area contributed by atoms with Gasteiger partial charge in [-0.25, -0.2) is 5.43 Å². The lowest BCUT2D eigenvalue weighted by molar-refractivity contribution is -0.121. The van der Waals surface area contributed by atoms with Gasteiger partial charge in [-0.2, -0.15) is 5.10 Å². The number of phenolic OH excluding ortho intramolecular Hbond substituents is 1. The Hall–Kier alpha value is -2.04. The highest BCUT2D eigenvalue weighted by Gasteiger charge is 2.01. The summed E-state index contributed by atoms with van der Waals surface area (Å²) in [5, 5.41) is 13.4. The smallest absolute Gasteiger partial charge is 0.240 e. The van der Waals surface area contributed by atoms with E-state index in [4.69, 9.17) is 4.74 Å². The summed E-state index contributed by atoms with van der Waals surface area (Å²) in [5.41, 5.74) is 3.14. The summed E-state index contributed by atoms with van der Waals surface area (Å²) in [6, 6.07) is 4.90.